The van der Waals surface area contributed by atoms with Gasteiger partial charge < -0.3 is 25.6 Å². The van der Waals surface area contributed by atoms with Crippen molar-refractivity contribution < 1.29 is 13.9 Å². The van der Waals surface area contributed by atoms with Crippen LogP contribution >= 0.6 is 24.0 Å². The number of aryl methyl sites for hydroxylation is 1. The molecule has 0 spiro atoms. The van der Waals surface area contributed by atoms with Crippen LogP contribution in [-0.4, -0.2) is 76.8 Å². The summed E-state index contributed by atoms with van der Waals surface area (Å²) in [5, 5.41) is 9.14. The van der Waals surface area contributed by atoms with Crippen molar-refractivity contribution in [1.82, 2.24) is 20.9 Å². The third-order valence-corrected chi connectivity index (χ3v) is 4.12. The fourth-order valence-electron chi connectivity index (χ4n) is 2.46. The first-order valence-electron chi connectivity index (χ1n) is 9.72. The summed E-state index contributed by atoms with van der Waals surface area (Å²) in [5.74, 6) is 0.0447. The Morgan fingerprint density at radius 1 is 1.21 bits per heavy atom. The lowest BCUT2D eigenvalue weighted by Crippen LogP contribution is -2.42. The highest BCUT2D eigenvalue weighted by Gasteiger charge is 2.07. The summed E-state index contributed by atoms with van der Waals surface area (Å²) in [4.78, 5) is 18.8. The zero-order chi connectivity index (χ0) is 20.8. The first kappa shape index (κ1) is 27.5. The molecule has 0 aliphatic rings. The molecule has 0 radical (unpaired) electrons. The van der Waals surface area contributed by atoms with E-state index in [1.165, 1.54) is 6.07 Å². The maximum atomic E-state index is 13.6. The molecular weight excluding hydrogens is 488 g/mol. The highest BCUT2D eigenvalue weighted by molar-refractivity contribution is 14.0. The van der Waals surface area contributed by atoms with Gasteiger partial charge in [-0.25, -0.2) is 4.39 Å². The highest BCUT2D eigenvalue weighted by Crippen LogP contribution is 2.08. The Bertz CT molecular complexity index is 631. The summed E-state index contributed by atoms with van der Waals surface area (Å²) in [7, 11) is 3.77. The van der Waals surface area contributed by atoms with Gasteiger partial charge in [-0.05, 0) is 45.0 Å². The monoisotopic (exact) mass is 523 g/mol. The molecule has 166 valence electrons. The van der Waals surface area contributed by atoms with Crippen LogP contribution < -0.4 is 16.0 Å². The van der Waals surface area contributed by atoms with Gasteiger partial charge in [0.25, 0.3) is 5.91 Å². The number of guanidine groups is 1. The van der Waals surface area contributed by atoms with Gasteiger partial charge in [-0.2, -0.15) is 0 Å². The number of methoxy groups -OCH3 is 1. The van der Waals surface area contributed by atoms with Crippen LogP contribution in [0.3, 0.4) is 0 Å². The van der Waals surface area contributed by atoms with Crippen LogP contribution in [0, 0.1) is 12.7 Å². The number of ether oxygens (including phenoxy) is 1. The first-order chi connectivity index (χ1) is 13.5. The predicted octanol–water partition coefficient (Wildman–Crippen LogP) is 2.01. The number of carbonyl (C=O) groups is 1. The molecule has 9 heteroatoms. The number of nitrogens with one attached hydrogen (secondary N) is 3. The second kappa shape index (κ2) is 16.3. The molecule has 0 unspecified atom stereocenters. The van der Waals surface area contributed by atoms with Crippen LogP contribution in [0.25, 0.3) is 0 Å². The van der Waals surface area contributed by atoms with E-state index in [0.29, 0.717) is 36.7 Å². The van der Waals surface area contributed by atoms with Gasteiger partial charge in [0.1, 0.15) is 5.82 Å². The number of carbonyl (C=O) groups excluding carboxylic acids is 1. The minimum Gasteiger partial charge on any atom is -0.385 e. The Morgan fingerprint density at radius 2 is 1.93 bits per heavy atom. The van der Waals surface area contributed by atoms with Crippen molar-refractivity contribution >= 4 is 35.8 Å². The lowest BCUT2D eigenvalue weighted by atomic mass is 10.1. The van der Waals surface area contributed by atoms with Gasteiger partial charge in [-0.3, -0.25) is 9.79 Å². The summed E-state index contributed by atoms with van der Waals surface area (Å²) >= 11 is 0. The Kier molecular flexibility index (Phi) is 15.5. The maximum Gasteiger partial charge on any atom is 0.251 e. The van der Waals surface area contributed by atoms with Crippen molar-refractivity contribution in [3.05, 3.63) is 35.1 Å². The second-order valence-corrected chi connectivity index (χ2v) is 6.56. The number of amides is 1. The number of rotatable bonds is 12. The van der Waals surface area contributed by atoms with Crippen molar-refractivity contribution in [2.45, 2.75) is 20.3 Å². The quantitative estimate of drug-likeness (QED) is 0.169. The summed E-state index contributed by atoms with van der Waals surface area (Å²) in [6, 6.07) is 4.48. The van der Waals surface area contributed by atoms with Gasteiger partial charge in [0, 0.05) is 52.0 Å². The van der Waals surface area contributed by atoms with Crippen LogP contribution in [0.1, 0.15) is 29.3 Å². The molecule has 1 aromatic rings. The Labute approximate surface area is 190 Å². The Hall–Kier alpha value is -1.46. The third kappa shape index (κ3) is 12.0. The molecule has 0 aliphatic carbocycles. The Balaban J connectivity index is 0.00000784. The van der Waals surface area contributed by atoms with E-state index < -0.39 is 0 Å². The topological polar surface area (TPSA) is 78.0 Å². The molecule has 29 heavy (non-hydrogen) atoms. The molecule has 1 amide bonds. The molecule has 7 nitrogen and oxygen atoms in total. The van der Waals surface area contributed by atoms with Crippen molar-refractivity contribution in [1.29, 1.82) is 0 Å². The SMILES string of the molecule is CCNC(=NCCN(C)CCCOC)NCCNC(=O)c1ccc(C)c(F)c1.I. The van der Waals surface area contributed by atoms with Gasteiger partial charge in [0.15, 0.2) is 5.96 Å². The number of likely N-dealkylation sites (N-methyl/N-ethyl adjacent to an activating group) is 1. The van der Waals surface area contributed by atoms with Crippen LogP contribution in [0.4, 0.5) is 4.39 Å². The number of nitrogens with zero attached hydrogens (tertiary/aromatic N) is 2. The van der Waals surface area contributed by atoms with Crippen molar-refractivity contribution in [2.24, 2.45) is 4.99 Å². The van der Waals surface area contributed by atoms with Crippen LogP contribution in [-0.2, 0) is 4.74 Å². The second-order valence-electron chi connectivity index (χ2n) is 6.56. The molecule has 0 aliphatic heterocycles. The van der Waals surface area contributed by atoms with E-state index in [-0.39, 0.29) is 35.7 Å². The molecule has 0 bridgehead atoms. The van der Waals surface area contributed by atoms with Crippen molar-refractivity contribution in [2.75, 3.05) is 60.0 Å². The zero-order valence-electron chi connectivity index (χ0n) is 17.9. The van der Waals surface area contributed by atoms with E-state index >= 15 is 0 Å². The Morgan fingerprint density at radius 3 is 2.59 bits per heavy atom. The molecular formula is C20H35FIN5O2. The largest absolute Gasteiger partial charge is 0.385 e. The molecule has 0 aromatic heterocycles. The minimum absolute atomic E-state index is 0. The summed E-state index contributed by atoms with van der Waals surface area (Å²) < 4.78 is 18.6. The fourth-order valence-corrected chi connectivity index (χ4v) is 2.46. The summed E-state index contributed by atoms with van der Waals surface area (Å²) in [6.45, 7) is 8.62. The normalized spacial score (nSPS) is 11.2. The molecule has 0 atom stereocenters. The average molecular weight is 523 g/mol. The van der Waals surface area contributed by atoms with Crippen LogP contribution in [0.5, 0.6) is 0 Å². The predicted molar refractivity (Wildman–Crippen MR) is 127 cm³/mol. The van der Waals surface area contributed by atoms with E-state index in [9.17, 15) is 9.18 Å². The molecule has 0 saturated heterocycles. The maximum absolute atomic E-state index is 13.6. The van der Waals surface area contributed by atoms with E-state index in [1.54, 1.807) is 26.2 Å². The van der Waals surface area contributed by atoms with Gasteiger partial charge in [0.2, 0.25) is 0 Å². The fraction of sp³-hybridized carbons (Fsp3) is 0.600. The molecule has 1 rings (SSSR count). The van der Waals surface area contributed by atoms with Crippen molar-refractivity contribution in [3.63, 3.8) is 0 Å². The molecule has 0 saturated carbocycles. The number of hydrogen-bond donors (Lipinski definition) is 3. The molecule has 1 aromatic carbocycles. The summed E-state index contributed by atoms with van der Waals surface area (Å²) in [5.41, 5.74) is 0.842. The number of benzene rings is 1. The van der Waals surface area contributed by atoms with E-state index in [2.05, 4.69) is 32.9 Å². The smallest absolute Gasteiger partial charge is 0.251 e. The van der Waals surface area contributed by atoms with Gasteiger partial charge in [-0.15, -0.1) is 24.0 Å². The van der Waals surface area contributed by atoms with E-state index in [0.717, 1.165) is 32.7 Å². The zero-order valence-corrected chi connectivity index (χ0v) is 20.2. The van der Waals surface area contributed by atoms with Crippen molar-refractivity contribution in [3.8, 4) is 0 Å². The van der Waals surface area contributed by atoms with Gasteiger partial charge in [0.05, 0.1) is 6.54 Å². The number of aliphatic imine (C=N–C) groups is 1. The lowest BCUT2D eigenvalue weighted by Gasteiger charge is -2.16. The first-order valence-corrected chi connectivity index (χ1v) is 9.72. The molecule has 0 fully saturated rings. The third-order valence-electron chi connectivity index (χ3n) is 4.12. The molecule has 3 N–H and O–H groups in total. The average Bonchev–Trinajstić information content (AvgIpc) is 2.67. The highest BCUT2D eigenvalue weighted by atomic mass is 127. The van der Waals surface area contributed by atoms with E-state index in [4.69, 9.17) is 4.74 Å². The molecule has 0 heterocycles. The van der Waals surface area contributed by atoms with Crippen LogP contribution in [0.15, 0.2) is 23.2 Å². The number of hydrogen-bond acceptors (Lipinski definition) is 4. The number of halogens is 2. The van der Waals surface area contributed by atoms with Gasteiger partial charge in [-0.1, -0.05) is 6.07 Å². The minimum atomic E-state index is -0.375. The van der Waals surface area contributed by atoms with Gasteiger partial charge >= 0.3 is 0 Å². The lowest BCUT2D eigenvalue weighted by molar-refractivity contribution is 0.0954. The van der Waals surface area contributed by atoms with Crippen LogP contribution in [0.2, 0.25) is 0 Å². The standard InChI is InChI=1S/C20H34FN5O2.HI/c1-5-22-20(25-11-13-26(3)12-6-14-28-4)24-10-9-23-19(27)17-8-7-16(2)18(21)15-17;/h7-8,15H,5-6,9-14H2,1-4H3,(H,23,27)(H2,22,24,25);1H. The summed E-state index contributed by atoms with van der Waals surface area (Å²) in [6.07, 6.45) is 1.000. The van der Waals surface area contributed by atoms with E-state index in [1.807, 2.05) is 6.92 Å².